The van der Waals surface area contributed by atoms with Crippen LogP contribution in [0.1, 0.15) is 118 Å². The van der Waals surface area contributed by atoms with Crippen molar-refractivity contribution in [3.63, 3.8) is 0 Å². The third-order valence-corrected chi connectivity index (χ3v) is 9.48. The molecular weight excluding hydrogens is 588 g/mol. The van der Waals surface area contributed by atoms with E-state index in [4.69, 9.17) is 4.74 Å². The monoisotopic (exact) mass is 642 g/mol. The molecule has 3 atom stereocenters. The summed E-state index contributed by atoms with van der Waals surface area (Å²) in [6.07, 6.45) is 24.4. The van der Waals surface area contributed by atoms with Gasteiger partial charge in [-0.05, 0) is 87.3 Å². The zero-order chi connectivity index (χ0) is 34.2. The van der Waals surface area contributed by atoms with Crippen LogP contribution >= 0.6 is 0 Å². The van der Waals surface area contributed by atoms with E-state index in [-0.39, 0.29) is 72.7 Å². The van der Waals surface area contributed by atoms with Crippen molar-refractivity contribution in [2.75, 3.05) is 6.61 Å². The molecule has 0 amide bonds. The first-order chi connectivity index (χ1) is 22.6. The van der Waals surface area contributed by atoms with Crippen LogP contribution in [0.3, 0.4) is 0 Å². The molecule has 3 rings (SSSR count). The lowest BCUT2D eigenvalue weighted by atomic mass is 9.72. The molecule has 3 unspecified atom stereocenters. The van der Waals surface area contributed by atoms with Crippen molar-refractivity contribution in [3.05, 3.63) is 83.0 Å². The van der Waals surface area contributed by atoms with Crippen LogP contribution in [0.2, 0.25) is 0 Å². The van der Waals surface area contributed by atoms with Gasteiger partial charge in [0.15, 0.2) is 5.78 Å². The Bertz CT molecular complexity index is 1350. The maximum atomic E-state index is 13.5. The van der Waals surface area contributed by atoms with Crippen molar-refractivity contribution in [3.8, 4) is 0 Å². The first kappa shape index (κ1) is 37.8. The number of carbonyl (C=O) groups is 5. The number of hydrogen-bond donors (Lipinski definition) is 0. The summed E-state index contributed by atoms with van der Waals surface area (Å²) in [6.45, 7) is 7.72. The Morgan fingerprint density at radius 3 is 2.15 bits per heavy atom. The minimum absolute atomic E-state index is 0.0186. The van der Waals surface area contributed by atoms with Gasteiger partial charge in [0, 0.05) is 30.2 Å². The van der Waals surface area contributed by atoms with E-state index in [0.717, 1.165) is 68.1 Å². The SMILES string of the molecule is CCCC(CC1CC(=O)c2c(ccc(CC(=O)CC(=O)OCC3CC=CC=CCCC=CC=CC3)c2C)C1)C(CC)C(=O)CC(C)=O. The first-order valence-corrected chi connectivity index (χ1v) is 17.6. The van der Waals surface area contributed by atoms with Crippen LogP contribution in [0.25, 0.3) is 0 Å². The minimum Gasteiger partial charge on any atom is -0.465 e. The van der Waals surface area contributed by atoms with Crippen molar-refractivity contribution in [2.45, 2.75) is 111 Å². The second kappa shape index (κ2) is 19.9. The van der Waals surface area contributed by atoms with E-state index in [1.54, 1.807) is 0 Å². The lowest BCUT2D eigenvalue weighted by Crippen LogP contribution is -2.30. The number of carbonyl (C=O) groups excluding carboxylic acids is 5. The molecule has 0 fully saturated rings. The fraction of sp³-hybridized carbons (Fsp3) is 0.537. The lowest BCUT2D eigenvalue weighted by molar-refractivity contribution is -0.147. The Labute approximate surface area is 281 Å². The van der Waals surface area contributed by atoms with Gasteiger partial charge in [0.25, 0.3) is 0 Å². The molecular formula is C41H54O6. The highest BCUT2D eigenvalue weighted by molar-refractivity contribution is 6.01. The lowest BCUT2D eigenvalue weighted by Gasteiger charge is -2.32. The molecule has 6 nitrogen and oxygen atoms in total. The molecule has 0 radical (unpaired) electrons. The zero-order valence-electron chi connectivity index (χ0n) is 28.9. The molecule has 2 aliphatic rings. The normalized spacial score (nSPS) is 19.5. The third-order valence-electron chi connectivity index (χ3n) is 9.48. The number of ketones is 4. The van der Waals surface area contributed by atoms with Crippen LogP contribution in [0, 0.1) is 30.6 Å². The summed E-state index contributed by atoms with van der Waals surface area (Å²) in [4.78, 5) is 63.6. The van der Waals surface area contributed by atoms with E-state index in [1.165, 1.54) is 6.92 Å². The number of ether oxygens (including phenoxy) is 1. The van der Waals surface area contributed by atoms with E-state index in [9.17, 15) is 24.0 Å². The molecule has 6 heteroatoms. The van der Waals surface area contributed by atoms with Crippen LogP contribution in [-0.2, 0) is 36.8 Å². The Balaban J connectivity index is 1.59. The molecule has 0 aromatic heterocycles. The second-order valence-electron chi connectivity index (χ2n) is 13.4. The minimum atomic E-state index is -0.519. The molecule has 47 heavy (non-hydrogen) atoms. The molecule has 0 aliphatic heterocycles. The topological polar surface area (TPSA) is 94.6 Å². The quantitative estimate of drug-likeness (QED) is 0.141. The highest BCUT2D eigenvalue weighted by Crippen LogP contribution is 2.37. The average Bonchev–Trinajstić information content (AvgIpc) is 3.03. The Morgan fingerprint density at radius 2 is 1.53 bits per heavy atom. The number of esters is 1. The van der Waals surface area contributed by atoms with E-state index < -0.39 is 5.97 Å². The summed E-state index contributed by atoms with van der Waals surface area (Å²) in [5.41, 5.74) is 3.26. The molecule has 2 aliphatic carbocycles. The fourth-order valence-electron chi connectivity index (χ4n) is 7.13. The fourth-order valence-corrected chi connectivity index (χ4v) is 7.13. The maximum Gasteiger partial charge on any atom is 0.313 e. The third kappa shape index (κ3) is 12.5. The average molecular weight is 643 g/mol. The Morgan fingerprint density at radius 1 is 0.872 bits per heavy atom. The van der Waals surface area contributed by atoms with Crippen LogP contribution in [0.15, 0.2) is 60.7 Å². The van der Waals surface area contributed by atoms with Gasteiger partial charge < -0.3 is 4.74 Å². The molecule has 0 spiro atoms. The summed E-state index contributed by atoms with van der Waals surface area (Å²) >= 11 is 0. The van der Waals surface area contributed by atoms with Gasteiger partial charge in [-0.15, -0.1) is 0 Å². The van der Waals surface area contributed by atoms with Crippen LogP contribution in [-0.4, -0.2) is 35.7 Å². The van der Waals surface area contributed by atoms with Gasteiger partial charge in [-0.3, -0.25) is 24.0 Å². The van der Waals surface area contributed by atoms with E-state index in [2.05, 4.69) is 31.2 Å². The summed E-state index contributed by atoms with van der Waals surface area (Å²) in [6, 6.07) is 3.87. The van der Waals surface area contributed by atoms with Gasteiger partial charge in [-0.2, -0.15) is 0 Å². The van der Waals surface area contributed by atoms with Crippen molar-refractivity contribution in [1.29, 1.82) is 0 Å². The number of hydrogen-bond acceptors (Lipinski definition) is 6. The second-order valence-corrected chi connectivity index (χ2v) is 13.4. The van der Waals surface area contributed by atoms with Gasteiger partial charge >= 0.3 is 5.97 Å². The van der Waals surface area contributed by atoms with E-state index in [0.29, 0.717) is 18.4 Å². The maximum absolute atomic E-state index is 13.5. The van der Waals surface area contributed by atoms with Gasteiger partial charge in [0.05, 0.1) is 13.0 Å². The Hall–Kier alpha value is -3.67. The molecule has 254 valence electrons. The predicted molar refractivity (Wildman–Crippen MR) is 187 cm³/mol. The number of Topliss-reactive ketones (excluding diaryl/α,β-unsaturated/α-hetero) is 4. The summed E-state index contributed by atoms with van der Waals surface area (Å²) < 4.78 is 5.54. The summed E-state index contributed by atoms with van der Waals surface area (Å²) in [5.74, 6) is -0.503. The number of allylic oxidation sites excluding steroid dienone is 8. The van der Waals surface area contributed by atoms with Crippen LogP contribution in [0.4, 0.5) is 0 Å². The number of rotatable bonds is 15. The van der Waals surface area contributed by atoms with Crippen LogP contribution in [0.5, 0.6) is 0 Å². The van der Waals surface area contributed by atoms with Gasteiger partial charge in [-0.1, -0.05) is 87.4 Å². The highest BCUT2D eigenvalue weighted by Gasteiger charge is 2.33. The van der Waals surface area contributed by atoms with Crippen molar-refractivity contribution in [1.82, 2.24) is 0 Å². The summed E-state index contributed by atoms with van der Waals surface area (Å²) in [7, 11) is 0. The molecule has 1 aromatic rings. The smallest absolute Gasteiger partial charge is 0.313 e. The van der Waals surface area contributed by atoms with Gasteiger partial charge in [-0.25, -0.2) is 0 Å². The largest absolute Gasteiger partial charge is 0.465 e. The van der Waals surface area contributed by atoms with E-state index in [1.807, 2.05) is 50.3 Å². The first-order valence-electron chi connectivity index (χ1n) is 17.6. The van der Waals surface area contributed by atoms with Gasteiger partial charge in [0.2, 0.25) is 0 Å². The van der Waals surface area contributed by atoms with Crippen molar-refractivity contribution < 1.29 is 28.7 Å². The molecule has 0 N–H and O–H groups in total. The van der Waals surface area contributed by atoms with Crippen molar-refractivity contribution >= 4 is 29.1 Å². The predicted octanol–water partition coefficient (Wildman–Crippen LogP) is 8.58. The molecule has 0 saturated heterocycles. The van der Waals surface area contributed by atoms with Crippen LogP contribution < -0.4 is 0 Å². The Kier molecular flexibility index (Phi) is 16.0. The van der Waals surface area contributed by atoms with E-state index >= 15 is 0 Å². The summed E-state index contributed by atoms with van der Waals surface area (Å²) in [5, 5.41) is 0. The van der Waals surface area contributed by atoms with Crippen molar-refractivity contribution in [2.24, 2.45) is 23.7 Å². The molecule has 0 heterocycles. The molecule has 0 saturated carbocycles. The number of benzene rings is 1. The molecule has 1 aromatic carbocycles. The number of fused-ring (bicyclic) bond motifs is 1. The zero-order valence-corrected chi connectivity index (χ0v) is 28.9. The standard InChI is InChI=1S/C41H54O6/c1-5-17-34(37(6-2)38(44)22-29(3)42)23-32-24-35-21-20-33(30(4)41(35)39(45)25-32)26-36(43)27-40(46)47-28-31-18-15-13-11-9-7-8-10-12-14-16-19-31/h9-16,20-21,31-32,34,37H,5-8,17-19,22-28H2,1-4H3. The van der Waals surface area contributed by atoms with Gasteiger partial charge in [0.1, 0.15) is 23.8 Å². The molecule has 0 bridgehead atoms. The highest BCUT2D eigenvalue weighted by atomic mass is 16.5.